The van der Waals surface area contributed by atoms with Gasteiger partial charge in [-0.25, -0.2) is 4.79 Å². The largest absolute Gasteiger partial charge is 0.488 e. The number of nitrogens with zero attached hydrogens (tertiary/aromatic N) is 5. The van der Waals surface area contributed by atoms with Gasteiger partial charge in [0.15, 0.2) is 5.58 Å². The predicted octanol–water partition coefficient (Wildman–Crippen LogP) is 5.06. The van der Waals surface area contributed by atoms with Crippen molar-refractivity contribution in [2.45, 2.75) is 59.1 Å². The van der Waals surface area contributed by atoms with E-state index < -0.39 is 5.69 Å². The van der Waals surface area contributed by atoms with Crippen LogP contribution in [0.15, 0.2) is 45.7 Å². The molecule has 1 unspecified atom stereocenters. The molecule has 1 fully saturated rings. The minimum atomic E-state index is -0.402. The average Bonchev–Trinajstić information content (AvgIpc) is 3.00. The first-order chi connectivity index (χ1) is 20.3. The number of anilines is 1. The van der Waals surface area contributed by atoms with Gasteiger partial charge in [-0.15, -0.1) is 9.24 Å². The van der Waals surface area contributed by atoms with Gasteiger partial charge in [0, 0.05) is 71.4 Å². The fraction of sp³-hybridized carbons (Fsp3) is 0.375. The van der Waals surface area contributed by atoms with Gasteiger partial charge in [0.05, 0.1) is 11.2 Å². The summed E-state index contributed by atoms with van der Waals surface area (Å²) < 4.78 is 14.7. The molecule has 216 valence electrons. The number of fused-ring (bicyclic) bond motifs is 2. The summed E-state index contributed by atoms with van der Waals surface area (Å²) in [5.74, 6) is 1.52. The van der Waals surface area contributed by atoms with E-state index in [1.807, 2.05) is 36.1 Å². The number of rotatable bonds is 4. The van der Waals surface area contributed by atoms with Crippen LogP contribution in [0.3, 0.4) is 0 Å². The Kier molecular flexibility index (Phi) is 6.46. The zero-order valence-electron chi connectivity index (χ0n) is 24.3. The van der Waals surface area contributed by atoms with Crippen molar-refractivity contribution in [2.24, 2.45) is 0 Å². The van der Waals surface area contributed by atoms with Gasteiger partial charge in [0.1, 0.15) is 29.3 Å². The number of benzene rings is 2. The molecule has 1 saturated heterocycles. The lowest BCUT2D eigenvalue weighted by Crippen LogP contribution is -2.54. The molecular formula is C32H34N5O4P. The Balaban J connectivity index is 1.62. The molecule has 0 saturated carbocycles. The van der Waals surface area contributed by atoms with E-state index in [4.69, 9.17) is 19.1 Å². The van der Waals surface area contributed by atoms with E-state index in [0.717, 1.165) is 50.4 Å². The molecule has 2 bridgehead atoms. The minimum Gasteiger partial charge on any atom is -0.488 e. The number of aromatic nitrogens is 3. The second-order valence-electron chi connectivity index (χ2n) is 11.6. The highest BCUT2D eigenvalue weighted by molar-refractivity contribution is 7.29. The Bertz CT molecular complexity index is 2010. The van der Waals surface area contributed by atoms with Gasteiger partial charge in [-0.3, -0.25) is 14.2 Å². The maximum atomic E-state index is 14.3. The molecule has 0 spiro atoms. The summed E-state index contributed by atoms with van der Waals surface area (Å²) >= 11 is 0. The number of pyridine rings is 1. The molecule has 0 aliphatic carbocycles. The van der Waals surface area contributed by atoms with Crippen LogP contribution in [0, 0.1) is 0 Å². The SMILES string of the molecule is CCCC(=O)N1CCN(c2nc(=O)n3c4c(C(C)C)nccc4oc4cccc5c4c4c(cc2c3c4P)OC5)[C@@H](C)C1. The van der Waals surface area contributed by atoms with E-state index in [9.17, 15) is 9.59 Å². The molecule has 42 heavy (non-hydrogen) atoms. The van der Waals surface area contributed by atoms with Gasteiger partial charge in [0.2, 0.25) is 5.91 Å². The Hall–Kier alpha value is -3.97. The highest BCUT2D eigenvalue weighted by atomic mass is 31.0. The molecule has 2 aliphatic heterocycles. The van der Waals surface area contributed by atoms with Gasteiger partial charge in [-0.2, -0.15) is 4.98 Å². The molecule has 5 heterocycles. The molecule has 3 aromatic heterocycles. The monoisotopic (exact) mass is 583 g/mol. The Morgan fingerprint density at radius 3 is 2.74 bits per heavy atom. The van der Waals surface area contributed by atoms with Crippen molar-refractivity contribution in [3.63, 3.8) is 0 Å². The molecule has 2 aromatic carbocycles. The standard InChI is InChI=1S/C32H34N5O4P/c1-5-7-24(38)35-12-13-36(18(4)15-35)31-20-14-23-26-25-19(16-40-23)8-6-9-21(25)41-22-10-11-33-27(17(2)3)29(22)37(32(39)34-31)28(20)30(26)42/h6,8-11,14,17-18H,5,7,12-13,15-16,42H2,1-4H3/t18-/m0/s1. The van der Waals surface area contributed by atoms with E-state index in [0.29, 0.717) is 55.2 Å². The van der Waals surface area contributed by atoms with E-state index in [1.165, 1.54) is 0 Å². The Labute approximate surface area is 245 Å². The van der Waals surface area contributed by atoms with Gasteiger partial charge < -0.3 is 19.0 Å². The van der Waals surface area contributed by atoms with Crippen LogP contribution in [0.4, 0.5) is 5.82 Å². The van der Waals surface area contributed by atoms with E-state index in [-0.39, 0.29) is 17.9 Å². The van der Waals surface area contributed by atoms with E-state index in [2.05, 4.69) is 41.0 Å². The van der Waals surface area contributed by atoms with Crippen LogP contribution in [0.2, 0.25) is 0 Å². The van der Waals surface area contributed by atoms with Crippen LogP contribution in [0.5, 0.6) is 5.75 Å². The van der Waals surface area contributed by atoms with Gasteiger partial charge in [-0.1, -0.05) is 32.9 Å². The zero-order valence-corrected chi connectivity index (χ0v) is 25.5. The first kappa shape index (κ1) is 26.9. The number of amides is 1. The maximum Gasteiger partial charge on any atom is 0.354 e. The van der Waals surface area contributed by atoms with Crippen LogP contribution in [-0.2, 0) is 11.4 Å². The van der Waals surface area contributed by atoms with E-state index in [1.54, 1.807) is 10.6 Å². The summed E-state index contributed by atoms with van der Waals surface area (Å²) in [7, 11) is 2.89. The lowest BCUT2D eigenvalue weighted by Gasteiger charge is -2.41. The quantitative estimate of drug-likeness (QED) is 0.273. The summed E-state index contributed by atoms with van der Waals surface area (Å²) in [6, 6.07) is 9.80. The van der Waals surface area contributed by atoms with Crippen molar-refractivity contribution in [3.8, 4) is 5.75 Å². The first-order valence-corrected chi connectivity index (χ1v) is 15.2. The smallest absolute Gasteiger partial charge is 0.354 e. The molecule has 5 aromatic rings. The molecule has 2 aliphatic rings. The molecule has 10 heteroatoms. The third kappa shape index (κ3) is 4.01. The number of hydrogen-bond donors (Lipinski definition) is 0. The minimum absolute atomic E-state index is 0.0243. The summed E-state index contributed by atoms with van der Waals surface area (Å²) in [5, 5.41) is 3.52. The molecule has 0 radical (unpaired) electrons. The summed E-state index contributed by atoms with van der Waals surface area (Å²) in [6.45, 7) is 10.4. The average molecular weight is 584 g/mol. The van der Waals surface area contributed by atoms with Crippen molar-refractivity contribution in [1.82, 2.24) is 19.3 Å². The molecule has 2 atom stereocenters. The lowest BCUT2D eigenvalue weighted by atomic mass is 10.0. The van der Waals surface area contributed by atoms with Crippen LogP contribution >= 0.6 is 9.24 Å². The summed E-state index contributed by atoms with van der Waals surface area (Å²) in [6.07, 6.45) is 3.10. The molecule has 9 nitrogen and oxygen atoms in total. The van der Waals surface area contributed by atoms with Gasteiger partial charge in [0.25, 0.3) is 0 Å². The van der Waals surface area contributed by atoms with Crippen LogP contribution in [0.25, 0.3) is 38.4 Å². The Morgan fingerprint density at radius 1 is 1.14 bits per heavy atom. The van der Waals surface area contributed by atoms with Gasteiger partial charge in [-0.05, 0) is 31.4 Å². The fourth-order valence-electron chi connectivity index (χ4n) is 6.57. The highest BCUT2D eigenvalue weighted by Gasteiger charge is 2.31. The van der Waals surface area contributed by atoms with Crippen LogP contribution in [-0.4, -0.2) is 50.9 Å². The second-order valence-corrected chi connectivity index (χ2v) is 12.2. The topological polar surface area (TPSA) is 93.2 Å². The van der Waals surface area contributed by atoms with Crippen molar-refractivity contribution in [2.75, 3.05) is 24.5 Å². The van der Waals surface area contributed by atoms with Crippen molar-refractivity contribution in [1.29, 1.82) is 0 Å². The number of piperazine rings is 1. The van der Waals surface area contributed by atoms with E-state index >= 15 is 0 Å². The zero-order chi connectivity index (χ0) is 29.3. The number of hydrogen-bond acceptors (Lipinski definition) is 7. The van der Waals surface area contributed by atoms with Crippen molar-refractivity contribution >= 4 is 64.6 Å². The van der Waals surface area contributed by atoms with Crippen LogP contribution < -0.4 is 20.6 Å². The van der Waals surface area contributed by atoms with Crippen LogP contribution in [0.1, 0.15) is 57.7 Å². The predicted molar refractivity (Wildman–Crippen MR) is 169 cm³/mol. The molecule has 1 amide bonds. The lowest BCUT2D eigenvalue weighted by molar-refractivity contribution is -0.132. The normalized spacial score (nSPS) is 16.8. The molecule has 7 rings (SSSR count). The number of ether oxygens (including phenoxy) is 1. The number of carbonyl (C=O) groups is 1. The number of carbonyl (C=O) groups excluding carboxylic acids is 1. The Morgan fingerprint density at radius 2 is 1.98 bits per heavy atom. The fourth-order valence-corrected chi connectivity index (χ4v) is 7.14. The molecular weight excluding hydrogens is 549 g/mol. The van der Waals surface area contributed by atoms with Gasteiger partial charge >= 0.3 is 5.69 Å². The maximum absolute atomic E-state index is 14.3. The highest BCUT2D eigenvalue weighted by Crippen LogP contribution is 2.40. The first-order valence-electron chi connectivity index (χ1n) is 14.6. The third-order valence-corrected chi connectivity index (χ3v) is 9.09. The third-order valence-electron chi connectivity index (χ3n) is 8.53. The molecule has 0 N–H and O–H groups in total. The summed E-state index contributed by atoms with van der Waals surface area (Å²) in [4.78, 5) is 40.5. The summed E-state index contributed by atoms with van der Waals surface area (Å²) in [5.41, 5.74) is 3.97. The second kappa shape index (κ2) is 10.1. The van der Waals surface area contributed by atoms with Crippen molar-refractivity contribution in [3.05, 3.63) is 58.3 Å². The van der Waals surface area contributed by atoms with Crippen molar-refractivity contribution < 1.29 is 13.9 Å².